The SMILES string of the molecule is [CH2]NC(=O)c1cccc(I)c1. The van der Waals surface area contributed by atoms with E-state index in [0.717, 1.165) is 3.57 Å². The van der Waals surface area contributed by atoms with Gasteiger partial charge < -0.3 is 5.32 Å². The average Bonchev–Trinajstić information content (AvgIpc) is 2.03. The standard InChI is InChI=1S/C8H7INO/c1-10-8(11)6-3-2-4-7(9)5-6/h2-5H,1H2,(H,10,11). The number of hydrogen-bond donors (Lipinski definition) is 1. The van der Waals surface area contributed by atoms with Crippen LogP contribution in [0, 0.1) is 10.6 Å². The zero-order valence-corrected chi connectivity index (χ0v) is 7.96. The van der Waals surface area contributed by atoms with Crippen LogP contribution in [0.2, 0.25) is 0 Å². The molecular formula is C8H7INO. The van der Waals surface area contributed by atoms with Crippen LogP contribution in [0.15, 0.2) is 24.3 Å². The maximum absolute atomic E-state index is 11.0. The van der Waals surface area contributed by atoms with E-state index in [9.17, 15) is 4.79 Å². The summed E-state index contributed by atoms with van der Waals surface area (Å²) in [6.07, 6.45) is 0. The molecule has 2 nitrogen and oxygen atoms in total. The van der Waals surface area contributed by atoms with Crippen LogP contribution in [-0.2, 0) is 0 Å². The van der Waals surface area contributed by atoms with Crippen LogP contribution in [0.25, 0.3) is 0 Å². The van der Waals surface area contributed by atoms with Gasteiger partial charge in [-0.1, -0.05) is 6.07 Å². The first-order valence-corrected chi connectivity index (χ1v) is 4.15. The lowest BCUT2D eigenvalue weighted by Crippen LogP contribution is -2.15. The highest BCUT2D eigenvalue weighted by atomic mass is 127. The summed E-state index contributed by atoms with van der Waals surface area (Å²) in [4.78, 5) is 11.0. The first-order valence-electron chi connectivity index (χ1n) is 3.07. The number of hydrogen-bond acceptors (Lipinski definition) is 1. The van der Waals surface area contributed by atoms with Crippen LogP contribution in [0.4, 0.5) is 0 Å². The van der Waals surface area contributed by atoms with Gasteiger partial charge in [-0.25, -0.2) is 0 Å². The molecule has 0 aliphatic heterocycles. The van der Waals surface area contributed by atoms with Crippen molar-refractivity contribution < 1.29 is 4.79 Å². The Morgan fingerprint density at radius 3 is 2.82 bits per heavy atom. The zero-order chi connectivity index (χ0) is 8.27. The number of benzene rings is 1. The van der Waals surface area contributed by atoms with Crippen molar-refractivity contribution in [2.45, 2.75) is 0 Å². The van der Waals surface area contributed by atoms with Gasteiger partial charge in [-0.05, 0) is 40.8 Å². The fourth-order valence-electron chi connectivity index (χ4n) is 0.732. The van der Waals surface area contributed by atoms with Crippen LogP contribution in [-0.4, -0.2) is 5.91 Å². The Labute approximate surface area is 79.1 Å². The van der Waals surface area contributed by atoms with Gasteiger partial charge in [0, 0.05) is 16.2 Å². The van der Waals surface area contributed by atoms with E-state index in [1.54, 1.807) is 12.1 Å². The molecule has 0 spiro atoms. The zero-order valence-electron chi connectivity index (χ0n) is 5.80. The number of carbonyl (C=O) groups is 1. The van der Waals surface area contributed by atoms with Crippen molar-refractivity contribution in [2.75, 3.05) is 0 Å². The van der Waals surface area contributed by atoms with Crippen molar-refractivity contribution in [1.82, 2.24) is 5.32 Å². The molecule has 0 saturated heterocycles. The summed E-state index contributed by atoms with van der Waals surface area (Å²) in [5.74, 6) is -0.150. The molecular weight excluding hydrogens is 253 g/mol. The molecule has 1 aromatic carbocycles. The Bertz CT molecular complexity index is 273. The van der Waals surface area contributed by atoms with Gasteiger partial charge in [0.05, 0.1) is 0 Å². The van der Waals surface area contributed by atoms with Gasteiger partial charge in [-0.2, -0.15) is 0 Å². The minimum absolute atomic E-state index is 0.150. The second kappa shape index (κ2) is 3.71. The summed E-state index contributed by atoms with van der Waals surface area (Å²) >= 11 is 2.15. The molecule has 0 atom stereocenters. The predicted molar refractivity (Wildman–Crippen MR) is 52.0 cm³/mol. The van der Waals surface area contributed by atoms with Gasteiger partial charge in [0.2, 0.25) is 0 Å². The van der Waals surface area contributed by atoms with Gasteiger partial charge in [0.15, 0.2) is 0 Å². The van der Waals surface area contributed by atoms with E-state index >= 15 is 0 Å². The van der Waals surface area contributed by atoms with Crippen LogP contribution in [0.1, 0.15) is 10.4 Å². The van der Waals surface area contributed by atoms with Crippen LogP contribution < -0.4 is 5.32 Å². The molecule has 0 aliphatic rings. The van der Waals surface area contributed by atoms with E-state index in [1.165, 1.54) is 0 Å². The molecule has 1 aromatic rings. The third-order valence-corrected chi connectivity index (χ3v) is 1.92. The number of rotatable bonds is 1. The number of carbonyl (C=O) groups excluding carboxylic acids is 1. The molecule has 1 amide bonds. The van der Waals surface area contributed by atoms with Crippen molar-refractivity contribution in [3.05, 3.63) is 40.4 Å². The van der Waals surface area contributed by atoms with Gasteiger partial charge in [-0.15, -0.1) is 0 Å². The smallest absolute Gasteiger partial charge is 0.251 e. The maximum atomic E-state index is 11.0. The minimum atomic E-state index is -0.150. The Kier molecular flexibility index (Phi) is 2.87. The summed E-state index contributed by atoms with van der Waals surface area (Å²) in [7, 11) is 3.29. The minimum Gasteiger partial charge on any atom is -0.350 e. The molecule has 0 fully saturated rings. The summed E-state index contributed by atoms with van der Waals surface area (Å²) in [6, 6.07) is 7.33. The highest BCUT2D eigenvalue weighted by molar-refractivity contribution is 14.1. The van der Waals surface area contributed by atoms with Gasteiger partial charge in [-0.3, -0.25) is 4.79 Å². The molecule has 0 aliphatic carbocycles. The molecule has 0 saturated carbocycles. The summed E-state index contributed by atoms with van der Waals surface area (Å²) in [5, 5.41) is 2.32. The van der Waals surface area contributed by atoms with E-state index in [2.05, 4.69) is 35.0 Å². The Hall–Kier alpha value is -0.580. The first-order chi connectivity index (χ1) is 5.24. The Balaban J connectivity index is 2.96. The van der Waals surface area contributed by atoms with Crippen molar-refractivity contribution >= 4 is 28.5 Å². The van der Waals surface area contributed by atoms with Crippen LogP contribution in [0.5, 0.6) is 0 Å². The largest absolute Gasteiger partial charge is 0.350 e. The topological polar surface area (TPSA) is 29.1 Å². The molecule has 57 valence electrons. The monoisotopic (exact) mass is 260 g/mol. The molecule has 0 unspecified atom stereocenters. The molecule has 3 heteroatoms. The molecule has 11 heavy (non-hydrogen) atoms. The van der Waals surface area contributed by atoms with Crippen molar-refractivity contribution in [3.63, 3.8) is 0 Å². The lowest BCUT2D eigenvalue weighted by atomic mass is 10.2. The third-order valence-electron chi connectivity index (χ3n) is 1.25. The summed E-state index contributed by atoms with van der Waals surface area (Å²) in [5.41, 5.74) is 0.645. The summed E-state index contributed by atoms with van der Waals surface area (Å²) in [6.45, 7) is 0. The van der Waals surface area contributed by atoms with Gasteiger partial charge in [0.25, 0.3) is 5.91 Å². The summed E-state index contributed by atoms with van der Waals surface area (Å²) < 4.78 is 1.05. The molecule has 0 heterocycles. The number of amides is 1. The number of halogens is 1. The third kappa shape index (κ3) is 2.18. The Morgan fingerprint density at radius 1 is 1.55 bits per heavy atom. The number of nitrogens with one attached hydrogen (secondary N) is 1. The van der Waals surface area contributed by atoms with Crippen molar-refractivity contribution in [1.29, 1.82) is 0 Å². The van der Waals surface area contributed by atoms with E-state index in [1.807, 2.05) is 12.1 Å². The van der Waals surface area contributed by atoms with Crippen LogP contribution >= 0.6 is 22.6 Å². The van der Waals surface area contributed by atoms with E-state index < -0.39 is 0 Å². The van der Waals surface area contributed by atoms with Crippen LogP contribution in [0.3, 0.4) is 0 Å². The quantitative estimate of drug-likeness (QED) is 0.766. The lowest BCUT2D eigenvalue weighted by molar-refractivity contribution is 0.0969. The van der Waals surface area contributed by atoms with Crippen molar-refractivity contribution in [2.24, 2.45) is 0 Å². The molecule has 1 N–H and O–H groups in total. The van der Waals surface area contributed by atoms with Crippen molar-refractivity contribution in [3.8, 4) is 0 Å². The molecule has 0 aromatic heterocycles. The molecule has 0 bridgehead atoms. The highest BCUT2D eigenvalue weighted by Gasteiger charge is 2.00. The lowest BCUT2D eigenvalue weighted by Gasteiger charge is -1.98. The van der Waals surface area contributed by atoms with Gasteiger partial charge >= 0.3 is 0 Å². The average molecular weight is 260 g/mol. The normalized spacial score (nSPS) is 9.27. The highest BCUT2D eigenvalue weighted by Crippen LogP contribution is 2.07. The van der Waals surface area contributed by atoms with E-state index in [-0.39, 0.29) is 5.91 Å². The maximum Gasteiger partial charge on any atom is 0.251 e. The van der Waals surface area contributed by atoms with E-state index in [4.69, 9.17) is 0 Å². The second-order valence-corrected chi connectivity index (χ2v) is 3.26. The molecule has 1 rings (SSSR count). The second-order valence-electron chi connectivity index (χ2n) is 2.02. The van der Waals surface area contributed by atoms with Gasteiger partial charge in [0.1, 0.15) is 0 Å². The fourth-order valence-corrected chi connectivity index (χ4v) is 1.27. The predicted octanol–water partition coefficient (Wildman–Crippen LogP) is 1.81. The first kappa shape index (κ1) is 8.52. The fraction of sp³-hybridized carbons (Fsp3) is 0. The van der Waals surface area contributed by atoms with E-state index in [0.29, 0.717) is 5.56 Å². The Morgan fingerprint density at radius 2 is 2.27 bits per heavy atom. The molecule has 1 radical (unpaired) electrons.